The molecule has 0 radical (unpaired) electrons. The molecule has 3 rings (SSSR count). The lowest BCUT2D eigenvalue weighted by Crippen LogP contribution is -2.69. The summed E-state index contributed by atoms with van der Waals surface area (Å²) < 4.78 is 16.2. The highest BCUT2D eigenvalue weighted by molar-refractivity contribution is 5.01. The van der Waals surface area contributed by atoms with E-state index in [4.69, 9.17) is 14.2 Å². The van der Waals surface area contributed by atoms with E-state index in [1.54, 1.807) is 0 Å². The van der Waals surface area contributed by atoms with E-state index >= 15 is 0 Å². The Balaban J connectivity index is 1.67. The van der Waals surface area contributed by atoms with Crippen LogP contribution in [0.5, 0.6) is 0 Å². The molecule has 0 spiro atoms. The van der Waals surface area contributed by atoms with Crippen LogP contribution in [0.2, 0.25) is 0 Å². The monoisotopic (exact) mass is 485 g/mol. The van der Waals surface area contributed by atoms with E-state index in [2.05, 4.69) is 5.32 Å². The van der Waals surface area contributed by atoms with Crippen molar-refractivity contribution in [2.45, 2.75) is 99.0 Å². The maximum Gasteiger partial charge on any atom is 0.187 e. The Morgan fingerprint density at radius 1 is 0.758 bits per heavy atom. The zero-order chi connectivity index (χ0) is 24.6. The van der Waals surface area contributed by atoms with Gasteiger partial charge in [-0.2, -0.15) is 0 Å². The second kappa shape index (κ2) is 11.0. The van der Waals surface area contributed by atoms with E-state index in [1.807, 2.05) is 0 Å². The van der Waals surface area contributed by atoms with E-state index in [-0.39, 0.29) is 6.42 Å². The molecule has 0 bridgehead atoms. The Bertz CT molecular complexity index is 626. The van der Waals surface area contributed by atoms with Gasteiger partial charge in [-0.1, -0.05) is 0 Å². The van der Waals surface area contributed by atoms with Gasteiger partial charge < -0.3 is 70.6 Å². The normalized spacial score (nSPS) is 53.7. The first-order chi connectivity index (χ1) is 15.5. The van der Waals surface area contributed by atoms with Crippen molar-refractivity contribution >= 4 is 0 Å². The molecule has 0 aromatic heterocycles. The Morgan fingerprint density at radius 2 is 1.42 bits per heavy atom. The molecule has 3 aliphatic rings. The van der Waals surface area contributed by atoms with Crippen molar-refractivity contribution in [3.05, 3.63) is 0 Å². The maximum atomic E-state index is 10.7. The fourth-order valence-electron chi connectivity index (χ4n) is 4.68. The summed E-state index contributed by atoms with van der Waals surface area (Å²) >= 11 is 0. The molecule has 1 saturated carbocycles. The van der Waals surface area contributed by atoms with Crippen LogP contribution in [0.25, 0.3) is 0 Å². The van der Waals surface area contributed by atoms with Crippen molar-refractivity contribution in [2.24, 2.45) is 5.92 Å². The molecule has 2 aliphatic heterocycles. The van der Waals surface area contributed by atoms with Gasteiger partial charge in [-0.25, -0.2) is 0 Å². The minimum Gasteiger partial charge on any atom is -0.396 e. The van der Waals surface area contributed by atoms with Crippen LogP contribution < -0.4 is 5.32 Å². The standard InChI is InChI=1S/C19H35NO13/c1-5-9(20-7-2-6(3-21)10(23)13(26)11(7)24)12(25)16(29)19(31-5)33-17-8(4-22)32-18(30)15(28)14(17)27/h5-30H,2-4H2,1H3/t5-,6-,7-,8-,9-,10-,11+,12+,13+,14-,15-,16-,17-,18+,19-/m1/s1. The van der Waals surface area contributed by atoms with Crippen LogP contribution in [0, 0.1) is 5.92 Å². The summed E-state index contributed by atoms with van der Waals surface area (Å²) in [5, 5.41) is 103. The maximum absolute atomic E-state index is 10.7. The molecule has 3 fully saturated rings. The van der Waals surface area contributed by atoms with Gasteiger partial charge in [0, 0.05) is 18.6 Å². The van der Waals surface area contributed by atoms with Crippen LogP contribution in [0.15, 0.2) is 0 Å². The van der Waals surface area contributed by atoms with Gasteiger partial charge in [0.1, 0.15) is 42.7 Å². The number of rotatable bonds is 6. The lowest BCUT2D eigenvalue weighted by atomic mass is 9.79. The van der Waals surface area contributed by atoms with E-state index in [9.17, 15) is 51.1 Å². The number of hydrogen-bond donors (Lipinski definition) is 11. The number of hydrogen-bond acceptors (Lipinski definition) is 14. The topological polar surface area (TPSA) is 242 Å². The molecule has 15 atom stereocenters. The molecule has 0 aromatic carbocycles. The second-order valence-corrected chi connectivity index (χ2v) is 8.97. The number of ether oxygens (including phenoxy) is 3. The molecule has 0 amide bonds. The zero-order valence-electron chi connectivity index (χ0n) is 18.0. The van der Waals surface area contributed by atoms with E-state index in [0.29, 0.717) is 0 Å². The highest BCUT2D eigenvalue weighted by atomic mass is 16.7. The summed E-state index contributed by atoms with van der Waals surface area (Å²) in [6.45, 7) is 0.415. The molecule has 14 heteroatoms. The van der Waals surface area contributed by atoms with Crippen molar-refractivity contribution < 1.29 is 65.3 Å². The average Bonchev–Trinajstić information content (AvgIpc) is 2.79. The van der Waals surface area contributed by atoms with Crippen LogP contribution in [0.4, 0.5) is 0 Å². The van der Waals surface area contributed by atoms with Gasteiger partial charge in [0.05, 0.1) is 31.0 Å². The number of aliphatic hydroxyl groups excluding tert-OH is 10. The van der Waals surface area contributed by atoms with Gasteiger partial charge in [0.15, 0.2) is 12.6 Å². The second-order valence-electron chi connectivity index (χ2n) is 8.97. The fourth-order valence-corrected chi connectivity index (χ4v) is 4.68. The van der Waals surface area contributed by atoms with Crippen LogP contribution in [-0.2, 0) is 14.2 Å². The summed E-state index contributed by atoms with van der Waals surface area (Å²) in [5.41, 5.74) is 0. The Morgan fingerprint density at radius 3 is 2.03 bits per heavy atom. The molecule has 2 saturated heterocycles. The Labute approximate surface area is 189 Å². The van der Waals surface area contributed by atoms with Crippen LogP contribution in [0.3, 0.4) is 0 Å². The zero-order valence-corrected chi connectivity index (χ0v) is 18.0. The van der Waals surface area contributed by atoms with Crippen LogP contribution in [-0.4, -0.2) is 150 Å². The molecule has 14 nitrogen and oxygen atoms in total. The Kier molecular flexibility index (Phi) is 9.02. The molecule has 194 valence electrons. The first-order valence-corrected chi connectivity index (χ1v) is 10.9. The van der Waals surface area contributed by atoms with E-state index < -0.39 is 105 Å². The Hall–Kier alpha value is -0.560. The number of nitrogens with one attached hydrogen (secondary N) is 1. The van der Waals surface area contributed by atoms with E-state index in [0.717, 1.165) is 0 Å². The summed E-state index contributed by atoms with van der Waals surface area (Å²) in [6, 6.07) is -1.81. The third kappa shape index (κ3) is 5.34. The number of aliphatic hydroxyl groups is 10. The predicted octanol–water partition coefficient (Wildman–Crippen LogP) is -6.31. The minimum absolute atomic E-state index is 0.0753. The fraction of sp³-hybridized carbons (Fsp3) is 1.00. The highest BCUT2D eigenvalue weighted by Gasteiger charge is 2.51. The first kappa shape index (κ1) is 27.0. The average molecular weight is 485 g/mol. The lowest BCUT2D eigenvalue weighted by Gasteiger charge is -2.48. The summed E-state index contributed by atoms with van der Waals surface area (Å²) in [6.07, 6.45) is -17.6. The van der Waals surface area contributed by atoms with Gasteiger partial charge >= 0.3 is 0 Å². The van der Waals surface area contributed by atoms with Crippen molar-refractivity contribution in [3.63, 3.8) is 0 Å². The molecular weight excluding hydrogens is 450 g/mol. The molecule has 0 aromatic rings. The van der Waals surface area contributed by atoms with Crippen LogP contribution >= 0.6 is 0 Å². The smallest absolute Gasteiger partial charge is 0.187 e. The SMILES string of the molecule is C[C@H]1O[C@H](O[C@H]2[C@H](O)[C@@H](O)[C@@H](O)O[C@@H]2CO)[C@H](O)[C@@H](O)[C@@H]1N[C@@H]1C[C@H](CO)[C@@H](O)[C@H](O)[C@H]1O. The van der Waals surface area contributed by atoms with Gasteiger partial charge in [0.2, 0.25) is 0 Å². The predicted molar refractivity (Wildman–Crippen MR) is 105 cm³/mol. The molecule has 0 unspecified atom stereocenters. The molecule has 1 aliphatic carbocycles. The third-order valence-electron chi connectivity index (χ3n) is 6.77. The van der Waals surface area contributed by atoms with Gasteiger partial charge in [0.25, 0.3) is 0 Å². The molecule has 2 heterocycles. The van der Waals surface area contributed by atoms with Crippen molar-refractivity contribution in [1.29, 1.82) is 0 Å². The van der Waals surface area contributed by atoms with Crippen molar-refractivity contribution in [3.8, 4) is 0 Å². The third-order valence-corrected chi connectivity index (χ3v) is 6.77. The highest BCUT2D eigenvalue weighted by Crippen LogP contribution is 2.31. The van der Waals surface area contributed by atoms with Crippen LogP contribution in [0.1, 0.15) is 13.3 Å². The summed E-state index contributed by atoms with van der Waals surface area (Å²) in [4.78, 5) is 0. The molecule has 11 N–H and O–H groups in total. The first-order valence-electron chi connectivity index (χ1n) is 10.9. The molecular formula is C19H35NO13. The lowest BCUT2D eigenvalue weighted by molar-refractivity contribution is -0.345. The molecule has 33 heavy (non-hydrogen) atoms. The van der Waals surface area contributed by atoms with Crippen molar-refractivity contribution in [1.82, 2.24) is 5.32 Å². The van der Waals surface area contributed by atoms with Gasteiger partial charge in [-0.05, 0) is 13.3 Å². The van der Waals surface area contributed by atoms with E-state index in [1.165, 1.54) is 6.92 Å². The summed E-state index contributed by atoms with van der Waals surface area (Å²) in [5.74, 6) is -0.719. The summed E-state index contributed by atoms with van der Waals surface area (Å²) in [7, 11) is 0. The largest absolute Gasteiger partial charge is 0.396 e. The van der Waals surface area contributed by atoms with Crippen molar-refractivity contribution in [2.75, 3.05) is 13.2 Å². The van der Waals surface area contributed by atoms with Gasteiger partial charge in [-0.3, -0.25) is 0 Å². The van der Waals surface area contributed by atoms with Gasteiger partial charge in [-0.15, -0.1) is 0 Å². The quantitative estimate of drug-likeness (QED) is 0.168. The minimum atomic E-state index is -1.76.